The summed E-state index contributed by atoms with van der Waals surface area (Å²) >= 11 is 0. The maximum Gasteiger partial charge on any atom is 0.229 e. The third kappa shape index (κ3) is 6.23. The topological polar surface area (TPSA) is 75.1 Å². The summed E-state index contributed by atoms with van der Waals surface area (Å²) in [6.45, 7) is -0.0263. The zero-order valence-corrected chi connectivity index (χ0v) is 19.1. The molecule has 5 nitrogen and oxygen atoms in total. The number of aromatic nitrogens is 2. The first-order valence-electron chi connectivity index (χ1n) is 11.8. The minimum absolute atomic E-state index is 0.0263. The number of carbonyl (C=O) groups is 1. The Hall–Kier alpha value is -3.19. The lowest BCUT2D eigenvalue weighted by molar-refractivity contribution is -0.115. The molecule has 1 aliphatic rings. The molecule has 2 aromatic carbocycles. The summed E-state index contributed by atoms with van der Waals surface area (Å²) in [6.07, 6.45) is 9.43. The van der Waals surface area contributed by atoms with Crippen LogP contribution in [-0.2, 0) is 24.2 Å². The van der Waals surface area contributed by atoms with Crippen molar-refractivity contribution < 1.29 is 18.7 Å². The molecule has 4 rings (SSSR count). The summed E-state index contributed by atoms with van der Waals surface area (Å²) in [5.74, 6) is -1.23. The van der Waals surface area contributed by atoms with Crippen molar-refractivity contribution in [3.05, 3.63) is 77.1 Å². The van der Waals surface area contributed by atoms with E-state index < -0.39 is 11.6 Å². The molecule has 1 amide bonds. The second-order valence-corrected chi connectivity index (χ2v) is 8.92. The molecule has 0 aliphatic heterocycles. The standard InChI is InChI=1S/C27H29F2N3O2/c28-22-12-8-20(14-23(22)29)15-26(34)32-27-24(13-9-18-4-2-1-3-5-18)31-25(16-30-27)21-10-6-19(17-33)7-11-21/h6-8,10-12,14,16,18,33H,1-5,9,13,15,17H2,(H,30,32,34). The van der Waals surface area contributed by atoms with Gasteiger partial charge in [-0.15, -0.1) is 0 Å². The first kappa shape index (κ1) is 24.0. The highest BCUT2D eigenvalue weighted by atomic mass is 19.2. The predicted octanol–water partition coefficient (Wildman–Crippen LogP) is 5.61. The Morgan fingerprint density at radius 2 is 1.74 bits per heavy atom. The van der Waals surface area contributed by atoms with Crippen molar-refractivity contribution in [1.29, 1.82) is 0 Å². The number of aliphatic hydroxyl groups is 1. The maximum absolute atomic E-state index is 13.5. The van der Waals surface area contributed by atoms with Crippen LogP contribution >= 0.6 is 0 Å². The van der Waals surface area contributed by atoms with E-state index in [1.165, 1.54) is 38.2 Å². The van der Waals surface area contributed by atoms with E-state index in [1.54, 1.807) is 6.20 Å². The Morgan fingerprint density at radius 1 is 1.00 bits per heavy atom. The largest absolute Gasteiger partial charge is 0.392 e. The molecule has 0 radical (unpaired) electrons. The van der Waals surface area contributed by atoms with Gasteiger partial charge in [-0.05, 0) is 42.0 Å². The smallest absolute Gasteiger partial charge is 0.229 e. The average Bonchev–Trinajstić information content (AvgIpc) is 2.86. The second-order valence-electron chi connectivity index (χ2n) is 8.92. The fourth-order valence-electron chi connectivity index (χ4n) is 4.45. The molecule has 178 valence electrons. The Labute approximate surface area is 198 Å². The zero-order chi connectivity index (χ0) is 23.9. The number of amides is 1. The SMILES string of the molecule is O=C(Cc1ccc(F)c(F)c1)Nc1ncc(-c2ccc(CO)cc2)nc1CCC1CCCCC1. The molecule has 2 N–H and O–H groups in total. The van der Waals surface area contributed by atoms with E-state index in [9.17, 15) is 18.7 Å². The first-order valence-corrected chi connectivity index (χ1v) is 11.8. The van der Waals surface area contributed by atoms with Gasteiger partial charge < -0.3 is 10.4 Å². The second kappa shape index (κ2) is 11.3. The van der Waals surface area contributed by atoms with Crippen molar-refractivity contribution >= 4 is 11.7 Å². The van der Waals surface area contributed by atoms with Gasteiger partial charge in [0.15, 0.2) is 17.5 Å². The summed E-state index contributed by atoms with van der Waals surface area (Å²) in [4.78, 5) is 22.0. The Bertz CT molecular complexity index is 1130. The molecule has 0 bridgehead atoms. The highest BCUT2D eigenvalue weighted by molar-refractivity contribution is 5.92. The van der Waals surface area contributed by atoms with Crippen molar-refractivity contribution in [2.75, 3.05) is 5.32 Å². The number of hydrogen-bond donors (Lipinski definition) is 2. The molecule has 34 heavy (non-hydrogen) atoms. The lowest BCUT2D eigenvalue weighted by Crippen LogP contribution is -2.18. The summed E-state index contributed by atoms with van der Waals surface area (Å²) in [5, 5.41) is 12.1. The van der Waals surface area contributed by atoms with Gasteiger partial charge in [-0.1, -0.05) is 62.4 Å². The zero-order valence-electron chi connectivity index (χ0n) is 19.1. The minimum Gasteiger partial charge on any atom is -0.392 e. The highest BCUT2D eigenvalue weighted by Gasteiger charge is 2.17. The van der Waals surface area contributed by atoms with Crippen LogP contribution in [0.15, 0.2) is 48.7 Å². The van der Waals surface area contributed by atoms with Gasteiger partial charge in [0.25, 0.3) is 0 Å². The first-order chi connectivity index (χ1) is 16.5. The van der Waals surface area contributed by atoms with Crippen molar-refractivity contribution in [2.45, 2.75) is 58.0 Å². The number of halogens is 2. The number of aliphatic hydroxyl groups excluding tert-OH is 1. The normalized spacial score (nSPS) is 14.2. The molecule has 0 atom stereocenters. The third-order valence-corrected chi connectivity index (χ3v) is 6.40. The van der Waals surface area contributed by atoms with Crippen LogP contribution < -0.4 is 5.32 Å². The van der Waals surface area contributed by atoms with Crippen LogP contribution in [0.2, 0.25) is 0 Å². The van der Waals surface area contributed by atoms with E-state index in [4.69, 9.17) is 4.98 Å². The van der Waals surface area contributed by atoms with Gasteiger partial charge in [0.05, 0.1) is 30.6 Å². The molecule has 1 fully saturated rings. The third-order valence-electron chi connectivity index (χ3n) is 6.40. The van der Waals surface area contributed by atoms with Crippen LogP contribution in [-0.4, -0.2) is 21.0 Å². The van der Waals surface area contributed by atoms with E-state index in [0.717, 1.165) is 29.7 Å². The number of nitrogens with zero attached hydrogens (tertiary/aromatic N) is 2. The van der Waals surface area contributed by atoms with Crippen LogP contribution in [0, 0.1) is 17.6 Å². The number of nitrogens with one attached hydrogen (secondary N) is 1. The van der Waals surface area contributed by atoms with Crippen molar-refractivity contribution in [1.82, 2.24) is 9.97 Å². The van der Waals surface area contributed by atoms with Gasteiger partial charge in [-0.2, -0.15) is 0 Å². The van der Waals surface area contributed by atoms with Gasteiger partial charge in [-0.3, -0.25) is 4.79 Å². The van der Waals surface area contributed by atoms with Crippen molar-refractivity contribution in [3.63, 3.8) is 0 Å². The van der Waals surface area contributed by atoms with Gasteiger partial charge in [-0.25, -0.2) is 18.7 Å². The van der Waals surface area contributed by atoms with E-state index in [2.05, 4.69) is 10.3 Å². The van der Waals surface area contributed by atoms with E-state index in [0.29, 0.717) is 35.1 Å². The molecular formula is C27H29F2N3O2. The average molecular weight is 466 g/mol. The molecule has 0 unspecified atom stereocenters. The van der Waals surface area contributed by atoms with Gasteiger partial charge >= 0.3 is 0 Å². The molecule has 1 aromatic heterocycles. The van der Waals surface area contributed by atoms with Crippen LogP contribution in [0.5, 0.6) is 0 Å². The van der Waals surface area contributed by atoms with E-state index in [1.807, 2.05) is 24.3 Å². The molecule has 1 aliphatic carbocycles. The summed E-state index contributed by atoms with van der Waals surface area (Å²) in [6, 6.07) is 10.9. The Balaban J connectivity index is 1.53. The number of aryl methyl sites for hydroxylation is 1. The molecule has 0 spiro atoms. The van der Waals surface area contributed by atoms with Gasteiger partial charge in [0.1, 0.15) is 0 Å². The van der Waals surface area contributed by atoms with Crippen LogP contribution in [0.4, 0.5) is 14.6 Å². The van der Waals surface area contributed by atoms with E-state index >= 15 is 0 Å². The molecule has 1 heterocycles. The Morgan fingerprint density at radius 3 is 2.44 bits per heavy atom. The highest BCUT2D eigenvalue weighted by Crippen LogP contribution is 2.29. The van der Waals surface area contributed by atoms with Crippen molar-refractivity contribution in [3.8, 4) is 11.3 Å². The minimum atomic E-state index is -0.977. The molecule has 7 heteroatoms. The number of benzene rings is 2. The van der Waals surface area contributed by atoms with Crippen molar-refractivity contribution in [2.24, 2.45) is 5.92 Å². The van der Waals surface area contributed by atoms with Crippen LogP contribution in [0.25, 0.3) is 11.3 Å². The molecular weight excluding hydrogens is 436 g/mol. The monoisotopic (exact) mass is 465 g/mol. The summed E-state index contributed by atoms with van der Waals surface area (Å²) in [5.41, 5.74) is 3.49. The number of rotatable bonds is 8. The number of anilines is 1. The predicted molar refractivity (Wildman–Crippen MR) is 127 cm³/mol. The quantitative estimate of drug-likeness (QED) is 0.454. The molecule has 3 aromatic rings. The maximum atomic E-state index is 13.5. The van der Waals surface area contributed by atoms with Crippen LogP contribution in [0.1, 0.15) is 55.3 Å². The molecule has 0 saturated heterocycles. The lowest BCUT2D eigenvalue weighted by atomic mass is 9.86. The molecule has 1 saturated carbocycles. The number of carbonyl (C=O) groups excluding carboxylic acids is 1. The Kier molecular flexibility index (Phi) is 7.95. The fraction of sp³-hybridized carbons (Fsp3) is 0.370. The summed E-state index contributed by atoms with van der Waals surface area (Å²) < 4.78 is 26.7. The lowest BCUT2D eigenvalue weighted by Gasteiger charge is -2.21. The number of hydrogen-bond acceptors (Lipinski definition) is 4. The van der Waals surface area contributed by atoms with Gasteiger partial charge in [0, 0.05) is 5.56 Å². The summed E-state index contributed by atoms with van der Waals surface area (Å²) in [7, 11) is 0. The van der Waals surface area contributed by atoms with Crippen LogP contribution in [0.3, 0.4) is 0 Å². The fourth-order valence-corrected chi connectivity index (χ4v) is 4.45. The van der Waals surface area contributed by atoms with Gasteiger partial charge in [0.2, 0.25) is 5.91 Å². The van der Waals surface area contributed by atoms with E-state index in [-0.39, 0.29) is 18.9 Å².